The highest BCUT2D eigenvalue weighted by Gasteiger charge is 2.54. The van der Waals surface area contributed by atoms with E-state index >= 15 is 0 Å². The Morgan fingerprint density at radius 3 is 2.62 bits per heavy atom. The van der Waals surface area contributed by atoms with Crippen molar-refractivity contribution in [1.82, 2.24) is 9.80 Å². The molecule has 2 aromatic carbocycles. The second-order valence-electron chi connectivity index (χ2n) is 8.99. The van der Waals surface area contributed by atoms with Crippen molar-refractivity contribution in [2.45, 2.75) is 37.0 Å². The average molecular weight is 487 g/mol. The normalized spacial score (nSPS) is 22.6. The van der Waals surface area contributed by atoms with Gasteiger partial charge in [-0.2, -0.15) is 0 Å². The second kappa shape index (κ2) is 10.2. The summed E-state index contributed by atoms with van der Waals surface area (Å²) in [5.41, 5.74) is 0.161. The van der Waals surface area contributed by atoms with Crippen molar-refractivity contribution >= 4 is 29.3 Å². The molecular weight excluding hydrogens is 459 g/mol. The second-order valence-corrected chi connectivity index (χ2v) is 9.40. The van der Waals surface area contributed by atoms with Crippen molar-refractivity contribution in [2.75, 3.05) is 33.4 Å². The van der Waals surface area contributed by atoms with Crippen LogP contribution in [0.5, 0.6) is 0 Å². The van der Waals surface area contributed by atoms with Gasteiger partial charge in [0.1, 0.15) is 5.82 Å². The van der Waals surface area contributed by atoms with Gasteiger partial charge in [0.15, 0.2) is 0 Å². The minimum absolute atomic E-state index is 0.0937. The quantitative estimate of drug-likeness (QED) is 0.419. The van der Waals surface area contributed by atoms with Gasteiger partial charge in [-0.3, -0.25) is 19.3 Å². The summed E-state index contributed by atoms with van der Waals surface area (Å²) in [5, 5.41) is 0.362. The van der Waals surface area contributed by atoms with Crippen LogP contribution >= 0.6 is 11.6 Å². The van der Waals surface area contributed by atoms with Crippen LogP contribution in [0.1, 0.15) is 42.7 Å². The lowest BCUT2D eigenvalue weighted by atomic mass is 9.75. The number of nitrogens with zero attached hydrogens (tertiary/aromatic N) is 2. The third-order valence-corrected chi connectivity index (χ3v) is 7.19. The summed E-state index contributed by atoms with van der Waals surface area (Å²) in [5.74, 6) is -1.07. The van der Waals surface area contributed by atoms with Gasteiger partial charge in [-0.05, 0) is 42.2 Å². The van der Waals surface area contributed by atoms with E-state index in [0.29, 0.717) is 36.7 Å². The first-order valence-corrected chi connectivity index (χ1v) is 11.9. The lowest BCUT2D eigenvalue weighted by molar-refractivity contribution is -0.142. The van der Waals surface area contributed by atoms with Crippen LogP contribution in [0.4, 0.5) is 4.39 Å². The largest absolute Gasteiger partial charge is 0.385 e. The molecule has 0 unspecified atom stereocenters. The number of methoxy groups -OCH3 is 1. The number of hydrogen-bond donors (Lipinski definition) is 0. The Labute approximate surface area is 203 Å². The maximum absolute atomic E-state index is 13.7. The molecular formula is C26H28ClFN2O4. The van der Waals surface area contributed by atoms with Gasteiger partial charge in [-0.25, -0.2) is 4.39 Å². The summed E-state index contributed by atoms with van der Waals surface area (Å²) in [7, 11) is 1.57. The van der Waals surface area contributed by atoms with Crippen LogP contribution in [-0.4, -0.2) is 60.9 Å². The molecule has 2 heterocycles. The van der Waals surface area contributed by atoms with E-state index in [4.69, 9.17) is 16.3 Å². The van der Waals surface area contributed by atoms with Crippen molar-refractivity contribution in [2.24, 2.45) is 0 Å². The summed E-state index contributed by atoms with van der Waals surface area (Å²) in [6.07, 6.45) is 1.06. The zero-order valence-electron chi connectivity index (χ0n) is 19.1. The summed E-state index contributed by atoms with van der Waals surface area (Å²) < 4.78 is 18.4. The molecule has 2 aromatic rings. The topological polar surface area (TPSA) is 66.9 Å². The van der Waals surface area contributed by atoms with E-state index in [1.165, 1.54) is 17.0 Å². The van der Waals surface area contributed by atoms with Crippen molar-refractivity contribution in [3.8, 4) is 0 Å². The average Bonchev–Trinajstić information content (AvgIpc) is 3.40. The molecule has 0 N–H and O–H groups in total. The fourth-order valence-corrected chi connectivity index (χ4v) is 5.37. The number of imide groups is 1. The molecule has 2 aliphatic heterocycles. The van der Waals surface area contributed by atoms with Crippen LogP contribution < -0.4 is 0 Å². The van der Waals surface area contributed by atoms with Gasteiger partial charge in [0.25, 0.3) is 0 Å². The first-order chi connectivity index (χ1) is 16.4. The van der Waals surface area contributed by atoms with Gasteiger partial charge in [-0.15, -0.1) is 0 Å². The molecule has 34 heavy (non-hydrogen) atoms. The molecule has 2 saturated heterocycles. The van der Waals surface area contributed by atoms with Crippen molar-refractivity contribution in [1.29, 1.82) is 0 Å². The molecule has 0 radical (unpaired) electrons. The van der Waals surface area contributed by atoms with Crippen LogP contribution in [0.2, 0.25) is 5.02 Å². The maximum Gasteiger partial charge on any atom is 0.240 e. The molecule has 4 rings (SSSR count). The highest BCUT2D eigenvalue weighted by molar-refractivity contribution is 6.32. The van der Waals surface area contributed by atoms with Crippen LogP contribution in [0.15, 0.2) is 48.5 Å². The summed E-state index contributed by atoms with van der Waals surface area (Å²) in [4.78, 5) is 43.0. The van der Waals surface area contributed by atoms with Crippen LogP contribution in [0.25, 0.3) is 0 Å². The molecule has 8 heteroatoms. The number of amides is 3. The van der Waals surface area contributed by atoms with Gasteiger partial charge >= 0.3 is 0 Å². The van der Waals surface area contributed by atoms with E-state index in [9.17, 15) is 18.8 Å². The fraction of sp³-hybridized carbons (Fsp3) is 0.423. The van der Waals surface area contributed by atoms with Gasteiger partial charge in [0.05, 0.1) is 5.41 Å². The highest BCUT2D eigenvalue weighted by Crippen LogP contribution is 2.43. The van der Waals surface area contributed by atoms with Gasteiger partial charge < -0.3 is 9.64 Å². The number of benzene rings is 2. The van der Waals surface area contributed by atoms with Crippen LogP contribution in [0.3, 0.4) is 0 Å². The van der Waals surface area contributed by atoms with Crippen molar-refractivity contribution in [3.63, 3.8) is 0 Å². The zero-order chi connectivity index (χ0) is 24.3. The lowest BCUT2D eigenvalue weighted by Crippen LogP contribution is -2.43. The molecule has 2 fully saturated rings. The number of carbonyl (C=O) groups is 3. The minimum Gasteiger partial charge on any atom is -0.385 e. The number of halogens is 2. The van der Waals surface area contributed by atoms with E-state index in [1.807, 2.05) is 0 Å². The Morgan fingerprint density at radius 1 is 1.18 bits per heavy atom. The van der Waals surface area contributed by atoms with E-state index in [1.54, 1.807) is 48.4 Å². The van der Waals surface area contributed by atoms with E-state index in [0.717, 1.165) is 12.0 Å². The summed E-state index contributed by atoms with van der Waals surface area (Å²) in [6.45, 7) is 1.69. The molecule has 3 amide bonds. The molecule has 0 bridgehead atoms. The van der Waals surface area contributed by atoms with Crippen molar-refractivity contribution < 1.29 is 23.5 Å². The van der Waals surface area contributed by atoms with Gasteiger partial charge in [-0.1, -0.05) is 41.9 Å². The third-order valence-electron chi connectivity index (χ3n) is 6.86. The first kappa shape index (κ1) is 24.4. The maximum atomic E-state index is 13.7. The predicted octanol–water partition coefficient (Wildman–Crippen LogP) is 3.92. The van der Waals surface area contributed by atoms with Gasteiger partial charge in [0.2, 0.25) is 17.7 Å². The number of likely N-dealkylation sites (tertiary alicyclic amines) is 2. The number of carbonyl (C=O) groups excluding carboxylic acids is 3. The van der Waals surface area contributed by atoms with E-state index in [-0.39, 0.29) is 48.8 Å². The number of hydrogen-bond acceptors (Lipinski definition) is 4. The standard InChI is InChI=1S/C26H28ClFN2O4/c1-34-14-4-12-30-24(32)16-26(25(30)33,21-5-2-3-6-22(21)27)15-23(31)29-13-11-19(17-29)18-7-9-20(28)10-8-18/h2-3,5-10,19H,4,11-17H2,1H3/t19-,26-/m1/s1. The zero-order valence-corrected chi connectivity index (χ0v) is 19.9. The Balaban J connectivity index is 1.57. The monoisotopic (exact) mass is 486 g/mol. The Morgan fingerprint density at radius 2 is 1.91 bits per heavy atom. The molecule has 2 atom stereocenters. The van der Waals surface area contributed by atoms with E-state index < -0.39 is 5.41 Å². The predicted molar refractivity (Wildman–Crippen MR) is 126 cm³/mol. The third kappa shape index (κ3) is 4.72. The highest BCUT2D eigenvalue weighted by atomic mass is 35.5. The molecule has 6 nitrogen and oxygen atoms in total. The molecule has 0 aromatic heterocycles. The first-order valence-electron chi connectivity index (χ1n) is 11.5. The molecule has 0 aliphatic carbocycles. The lowest BCUT2D eigenvalue weighted by Gasteiger charge is -2.30. The van der Waals surface area contributed by atoms with Crippen LogP contribution in [0, 0.1) is 5.82 Å². The number of rotatable bonds is 8. The molecule has 2 aliphatic rings. The minimum atomic E-state index is -1.33. The Kier molecular flexibility index (Phi) is 7.33. The van der Waals surface area contributed by atoms with Crippen LogP contribution in [-0.2, 0) is 24.5 Å². The van der Waals surface area contributed by atoms with Gasteiger partial charge in [0, 0.05) is 57.1 Å². The summed E-state index contributed by atoms with van der Waals surface area (Å²) >= 11 is 6.48. The smallest absolute Gasteiger partial charge is 0.240 e. The fourth-order valence-electron chi connectivity index (χ4n) is 5.05. The summed E-state index contributed by atoms with van der Waals surface area (Å²) in [6, 6.07) is 13.3. The molecule has 180 valence electrons. The van der Waals surface area contributed by atoms with Crippen molar-refractivity contribution in [3.05, 3.63) is 70.5 Å². The van der Waals surface area contributed by atoms with E-state index in [2.05, 4.69) is 0 Å². The Hall–Kier alpha value is -2.77. The number of ether oxygens (including phenoxy) is 1. The SMILES string of the molecule is COCCCN1C(=O)C[C@](CC(=O)N2CC[C@@H](c3ccc(F)cc3)C2)(c2ccccc2Cl)C1=O. The molecule has 0 saturated carbocycles. The Bertz CT molecular complexity index is 1080. The molecule has 0 spiro atoms.